The summed E-state index contributed by atoms with van der Waals surface area (Å²) in [6.07, 6.45) is 2.66. The Morgan fingerprint density at radius 2 is 2.24 bits per heavy atom. The molecule has 0 aromatic heterocycles. The van der Waals surface area contributed by atoms with Crippen LogP contribution in [0.2, 0.25) is 0 Å². The number of carbonyl (C=O) groups is 1. The van der Waals surface area contributed by atoms with E-state index in [4.69, 9.17) is 4.74 Å². The molecular formula is C14H19NO2. The van der Waals surface area contributed by atoms with Crippen LogP contribution in [0, 0.1) is 0 Å². The smallest absolute Gasteiger partial charge is 0.180 e. The SMILES string of the molecule is C=CCNCC(=O)c1ccccc1OCCC. The van der Waals surface area contributed by atoms with Crippen LogP contribution in [-0.2, 0) is 0 Å². The Hall–Kier alpha value is -1.61. The van der Waals surface area contributed by atoms with Crippen LogP contribution in [0.3, 0.4) is 0 Å². The molecule has 1 aromatic carbocycles. The predicted octanol–water partition coefficient (Wildman–Crippen LogP) is 2.43. The summed E-state index contributed by atoms with van der Waals surface area (Å²) in [6, 6.07) is 7.35. The van der Waals surface area contributed by atoms with Gasteiger partial charge in [0.1, 0.15) is 5.75 Å². The normalized spacial score (nSPS) is 9.94. The van der Waals surface area contributed by atoms with Crippen LogP contribution < -0.4 is 10.1 Å². The lowest BCUT2D eigenvalue weighted by molar-refractivity contribution is 0.0988. The molecule has 0 aliphatic rings. The first kappa shape index (κ1) is 13.5. The molecule has 0 aliphatic heterocycles. The van der Waals surface area contributed by atoms with Crippen LogP contribution in [0.1, 0.15) is 23.7 Å². The summed E-state index contributed by atoms with van der Waals surface area (Å²) < 4.78 is 5.54. The maximum absolute atomic E-state index is 11.9. The van der Waals surface area contributed by atoms with E-state index in [2.05, 4.69) is 11.9 Å². The van der Waals surface area contributed by atoms with Crippen LogP contribution in [0.25, 0.3) is 0 Å². The summed E-state index contributed by atoms with van der Waals surface area (Å²) in [7, 11) is 0. The second-order valence-corrected chi connectivity index (χ2v) is 3.69. The van der Waals surface area contributed by atoms with E-state index in [1.165, 1.54) is 0 Å². The number of carbonyl (C=O) groups excluding carboxylic acids is 1. The number of ether oxygens (including phenoxy) is 1. The zero-order valence-electron chi connectivity index (χ0n) is 10.2. The minimum Gasteiger partial charge on any atom is -0.493 e. The quantitative estimate of drug-likeness (QED) is 0.426. The van der Waals surface area contributed by atoms with Crippen LogP contribution in [0.15, 0.2) is 36.9 Å². The van der Waals surface area contributed by atoms with Crippen molar-refractivity contribution in [2.75, 3.05) is 19.7 Å². The summed E-state index contributed by atoms with van der Waals surface area (Å²) in [5.74, 6) is 0.707. The third kappa shape index (κ3) is 4.41. The highest BCUT2D eigenvalue weighted by Gasteiger charge is 2.10. The molecule has 0 bridgehead atoms. The van der Waals surface area contributed by atoms with Crippen molar-refractivity contribution in [2.45, 2.75) is 13.3 Å². The molecule has 0 saturated carbocycles. The van der Waals surface area contributed by atoms with Crippen molar-refractivity contribution < 1.29 is 9.53 Å². The first-order valence-electron chi connectivity index (χ1n) is 5.86. The van der Waals surface area contributed by atoms with Crippen molar-refractivity contribution in [2.24, 2.45) is 0 Å². The minimum absolute atomic E-state index is 0.0403. The fourth-order valence-corrected chi connectivity index (χ4v) is 1.42. The van der Waals surface area contributed by atoms with Crippen molar-refractivity contribution in [3.63, 3.8) is 0 Å². The molecule has 0 aliphatic carbocycles. The predicted molar refractivity (Wildman–Crippen MR) is 69.6 cm³/mol. The molecule has 1 N–H and O–H groups in total. The topological polar surface area (TPSA) is 38.3 Å². The van der Waals surface area contributed by atoms with E-state index in [1.54, 1.807) is 12.1 Å². The lowest BCUT2D eigenvalue weighted by atomic mass is 10.1. The number of hydrogen-bond acceptors (Lipinski definition) is 3. The van der Waals surface area contributed by atoms with Gasteiger partial charge in [-0.3, -0.25) is 4.79 Å². The second-order valence-electron chi connectivity index (χ2n) is 3.69. The van der Waals surface area contributed by atoms with Gasteiger partial charge in [-0.1, -0.05) is 25.1 Å². The Kier molecular flexibility index (Phi) is 6.04. The highest BCUT2D eigenvalue weighted by Crippen LogP contribution is 2.18. The summed E-state index contributed by atoms with van der Waals surface area (Å²) in [6.45, 7) is 7.19. The van der Waals surface area contributed by atoms with Crippen LogP contribution in [-0.4, -0.2) is 25.5 Å². The minimum atomic E-state index is 0.0403. The van der Waals surface area contributed by atoms with Crippen LogP contribution in [0.5, 0.6) is 5.75 Å². The number of nitrogens with one attached hydrogen (secondary N) is 1. The molecule has 0 atom stereocenters. The van der Waals surface area contributed by atoms with Gasteiger partial charge in [0.2, 0.25) is 0 Å². The second kappa shape index (κ2) is 7.63. The summed E-state index contributed by atoms with van der Waals surface area (Å²) in [4.78, 5) is 11.9. The molecule has 0 spiro atoms. The Labute approximate surface area is 102 Å². The van der Waals surface area contributed by atoms with Gasteiger partial charge >= 0.3 is 0 Å². The number of hydrogen-bond donors (Lipinski definition) is 1. The molecule has 3 nitrogen and oxygen atoms in total. The zero-order valence-corrected chi connectivity index (χ0v) is 10.2. The lowest BCUT2D eigenvalue weighted by Gasteiger charge is -2.09. The third-order valence-corrected chi connectivity index (χ3v) is 2.22. The molecule has 0 amide bonds. The van der Waals surface area contributed by atoms with Crippen molar-refractivity contribution in [3.05, 3.63) is 42.5 Å². The van der Waals surface area contributed by atoms with Gasteiger partial charge in [-0.05, 0) is 18.6 Å². The fraction of sp³-hybridized carbons (Fsp3) is 0.357. The zero-order chi connectivity index (χ0) is 12.5. The molecule has 1 rings (SSSR count). The number of benzene rings is 1. The van der Waals surface area contributed by atoms with Gasteiger partial charge in [-0.2, -0.15) is 0 Å². The van der Waals surface area contributed by atoms with E-state index < -0.39 is 0 Å². The molecule has 0 unspecified atom stereocenters. The van der Waals surface area contributed by atoms with Gasteiger partial charge in [-0.25, -0.2) is 0 Å². The molecule has 92 valence electrons. The molecule has 0 radical (unpaired) electrons. The Bertz CT molecular complexity index is 374. The molecular weight excluding hydrogens is 214 g/mol. The first-order valence-corrected chi connectivity index (χ1v) is 5.86. The average Bonchev–Trinajstić information content (AvgIpc) is 2.37. The van der Waals surface area contributed by atoms with Crippen LogP contribution in [0.4, 0.5) is 0 Å². The van der Waals surface area contributed by atoms with Crippen LogP contribution >= 0.6 is 0 Å². The van der Waals surface area contributed by atoms with Gasteiger partial charge in [0.25, 0.3) is 0 Å². The van der Waals surface area contributed by atoms with Crippen molar-refractivity contribution >= 4 is 5.78 Å². The van der Waals surface area contributed by atoms with E-state index in [1.807, 2.05) is 25.1 Å². The number of rotatable bonds is 8. The van der Waals surface area contributed by atoms with E-state index in [-0.39, 0.29) is 5.78 Å². The van der Waals surface area contributed by atoms with Gasteiger partial charge in [0.15, 0.2) is 5.78 Å². The number of ketones is 1. The molecule has 1 aromatic rings. The van der Waals surface area contributed by atoms with Gasteiger partial charge < -0.3 is 10.1 Å². The van der Waals surface area contributed by atoms with E-state index in [9.17, 15) is 4.79 Å². The first-order chi connectivity index (χ1) is 8.29. The molecule has 0 saturated heterocycles. The fourth-order valence-electron chi connectivity index (χ4n) is 1.42. The van der Waals surface area contributed by atoms with Crippen molar-refractivity contribution in [1.82, 2.24) is 5.32 Å². The monoisotopic (exact) mass is 233 g/mol. The Morgan fingerprint density at radius 3 is 2.94 bits per heavy atom. The molecule has 0 heterocycles. The largest absolute Gasteiger partial charge is 0.493 e. The van der Waals surface area contributed by atoms with Gasteiger partial charge in [0, 0.05) is 6.54 Å². The van der Waals surface area contributed by atoms with Gasteiger partial charge in [0.05, 0.1) is 18.7 Å². The van der Waals surface area contributed by atoms with Gasteiger partial charge in [-0.15, -0.1) is 6.58 Å². The summed E-state index contributed by atoms with van der Waals surface area (Å²) >= 11 is 0. The molecule has 17 heavy (non-hydrogen) atoms. The highest BCUT2D eigenvalue weighted by atomic mass is 16.5. The number of Topliss-reactive ketones (excluding diaryl/α,β-unsaturated/α-hetero) is 1. The molecule has 3 heteroatoms. The summed E-state index contributed by atoms with van der Waals surface area (Å²) in [5.41, 5.74) is 0.637. The van der Waals surface area contributed by atoms with Crippen molar-refractivity contribution in [1.29, 1.82) is 0 Å². The molecule has 0 fully saturated rings. The highest BCUT2D eigenvalue weighted by molar-refractivity contribution is 6.00. The third-order valence-electron chi connectivity index (χ3n) is 2.22. The van der Waals surface area contributed by atoms with E-state index in [0.29, 0.717) is 31.0 Å². The van der Waals surface area contributed by atoms with Crippen molar-refractivity contribution in [3.8, 4) is 5.75 Å². The maximum atomic E-state index is 11.9. The average molecular weight is 233 g/mol. The maximum Gasteiger partial charge on any atom is 0.180 e. The Balaban J connectivity index is 2.67. The summed E-state index contributed by atoms with van der Waals surface area (Å²) in [5, 5.41) is 2.99. The Morgan fingerprint density at radius 1 is 1.47 bits per heavy atom. The lowest BCUT2D eigenvalue weighted by Crippen LogP contribution is -2.23. The van der Waals surface area contributed by atoms with E-state index in [0.717, 1.165) is 6.42 Å². The number of para-hydroxylation sites is 1. The van der Waals surface area contributed by atoms with E-state index >= 15 is 0 Å². The standard InChI is InChI=1S/C14H19NO2/c1-3-9-15-11-13(16)12-7-5-6-8-14(12)17-10-4-2/h3,5-8,15H,1,4,9-11H2,2H3.